The molecule has 1 aliphatic heterocycles. The largest absolute Gasteiger partial charge is 0.494 e. The summed E-state index contributed by atoms with van der Waals surface area (Å²) in [5, 5.41) is 1.55. The summed E-state index contributed by atoms with van der Waals surface area (Å²) < 4.78 is 12.9. The van der Waals surface area contributed by atoms with E-state index >= 15 is 0 Å². The van der Waals surface area contributed by atoms with Crippen molar-refractivity contribution in [2.75, 3.05) is 0 Å². The minimum Gasteiger partial charge on any atom is -0.399 e. The lowest BCUT2D eigenvalue weighted by molar-refractivity contribution is 0.00578. The molecule has 1 heterocycles. The fourth-order valence-corrected chi connectivity index (χ4v) is 7.86. The van der Waals surface area contributed by atoms with E-state index in [0.29, 0.717) is 0 Å². The van der Waals surface area contributed by atoms with Crippen molar-refractivity contribution in [2.24, 2.45) is 0 Å². The fraction of sp³-hybridized carbons (Fsp3) is 0.619. The lowest BCUT2D eigenvalue weighted by Crippen LogP contribution is -2.41. The predicted molar refractivity (Wildman–Crippen MR) is 112 cm³/mol. The number of hydrogen-bond donors (Lipinski definition) is 0. The Bertz CT molecular complexity index is 594. The second-order valence-corrected chi connectivity index (χ2v) is 13.8. The van der Waals surface area contributed by atoms with E-state index in [9.17, 15) is 0 Å². The lowest BCUT2D eigenvalue weighted by atomic mass is 9.73. The summed E-state index contributed by atoms with van der Waals surface area (Å²) in [6, 6.07) is 14.5. The third-order valence-corrected chi connectivity index (χ3v) is 12.7. The standard InChI is InChI=1S/C21H35BO2Si/c1-9-25(10-2,11-3)17(4)19(18-15-13-12-14-16-18)22-23-20(5,6)21(7,8)24-22/h12-16H,9-11H2,1-8H3/b19-17+. The van der Waals surface area contributed by atoms with Gasteiger partial charge in [-0.3, -0.25) is 0 Å². The molecule has 1 aromatic rings. The molecule has 0 amide bonds. The van der Waals surface area contributed by atoms with E-state index in [1.54, 1.807) is 5.20 Å². The third kappa shape index (κ3) is 3.67. The van der Waals surface area contributed by atoms with Gasteiger partial charge >= 0.3 is 7.12 Å². The first-order chi connectivity index (χ1) is 11.6. The molecule has 4 heteroatoms. The smallest absolute Gasteiger partial charge is 0.399 e. The van der Waals surface area contributed by atoms with Crippen molar-refractivity contribution in [2.45, 2.75) is 84.7 Å². The Labute approximate surface area is 156 Å². The quantitative estimate of drug-likeness (QED) is 0.569. The Kier molecular flexibility index (Phi) is 6.07. The van der Waals surface area contributed by atoms with Crippen molar-refractivity contribution in [3.05, 3.63) is 41.1 Å². The second-order valence-electron chi connectivity index (χ2n) is 8.33. The van der Waals surface area contributed by atoms with E-state index in [4.69, 9.17) is 9.31 Å². The summed E-state index contributed by atoms with van der Waals surface area (Å²) in [6.07, 6.45) is 0. The van der Waals surface area contributed by atoms with Crippen LogP contribution in [0.5, 0.6) is 0 Å². The van der Waals surface area contributed by atoms with E-state index < -0.39 is 8.07 Å². The van der Waals surface area contributed by atoms with Gasteiger partial charge in [0.25, 0.3) is 0 Å². The van der Waals surface area contributed by atoms with Crippen molar-refractivity contribution >= 4 is 20.7 Å². The van der Waals surface area contributed by atoms with Crippen molar-refractivity contribution in [1.82, 2.24) is 0 Å². The van der Waals surface area contributed by atoms with Crippen LogP contribution in [-0.4, -0.2) is 26.4 Å². The van der Waals surface area contributed by atoms with E-state index in [-0.39, 0.29) is 18.3 Å². The third-order valence-electron chi connectivity index (χ3n) is 6.80. The monoisotopic (exact) mass is 358 g/mol. The molecule has 1 aromatic carbocycles. The van der Waals surface area contributed by atoms with Crippen LogP contribution in [0.1, 0.15) is 61.0 Å². The zero-order valence-corrected chi connectivity index (χ0v) is 18.4. The first kappa shape index (κ1) is 20.5. The topological polar surface area (TPSA) is 18.5 Å². The van der Waals surface area contributed by atoms with Crippen LogP contribution in [0, 0.1) is 0 Å². The average Bonchev–Trinajstić information content (AvgIpc) is 2.78. The van der Waals surface area contributed by atoms with Gasteiger partial charge in [0.05, 0.1) is 19.3 Å². The Balaban J connectivity index is 2.62. The molecule has 1 aliphatic rings. The van der Waals surface area contributed by atoms with E-state index in [2.05, 4.69) is 85.7 Å². The van der Waals surface area contributed by atoms with Gasteiger partial charge in [-0.15, -0.1) is 0 Å². The summed E-state index contributed by atoms with van der Waals surface area (Å²) in [5.74, 6) is 0. The van der Waals surface area contributed by atoms with Gasteiger partial charge in [0.1, 0.15) is 0 Å². The summed E-state index contributed by atoms with van der Waals surface area (Å²) in [6.45, 7) is 17.9. The molecule has 0 N–H and O–H groups in total. The maximum Gasteiger partial charge on any atom is 0.494 e. The highest BCUT2D eigenvalue weighted by Gasteiger charge is 2.53. The molecule has 0 aliphatic carbocycles. The van der Waals surface area contributed by atoms with Crippen LogP contribution in [0.2, 0.25) is 18.1 Å². The molecule has 138 valence electrons. The molecular weight excluding hydrogens is 323 g/mol. The van der Waals surface area contributed by atoms with E-state index in [1.165, 1.54) is 29.2 Å². The normalized spacial score (nSPS) is 20.6. The predicted octanol–water partition coefficient (Wildman–Crippen LogP) is 6.14. The van der Waals surface area contributed by atoms with Crippen LogP contribution in [-0.2, 0) is 9.31 Å². The SMILES string of the molecule is CC[Si](CC)(CC)/C(C)=C(/B1OC(C)(C)C(C)(C)O1)c1ccccc1. The summed E-state index contributed by atoms with van der Waals surface area (Å²) >= 11 is 0. The average molecular weight is 358 g/mol. The molecule has 25 heavy (non-hydrogen) atoms. The first-order valence-corrected chi connectivity index (χ1v) is 12.4. The van der Waals surface area contributed by atoms with Gasteiger partial charge in [-0.05, 0) is 45.7 Å². The number of benzene rings is 1. The first-order valence-electron chi connectivity index (χ1n) is 9.76. The Hall–Kier alpha value is -0.838. The van der Waals surface area contributed by atoms with Gasteiger partial charge in [0.15, 0.2) is 0 Å². The zero-order valence-electron chi connectivity index (χ0n) is 17.4. The van der Waals surface area contributed by atoms with Gasteiger partial charge in [-0.2, -0.15) is 0 Å². The van der Waals surface area contributed by atoms with Gasteiger partial charge in [-0.1, -0.05) is 74.4 Å². The van der Waals surface area contributed by atoms with Gasteiger partial charge in [0, 0.05) is 0 Å². The molecule has 1 fully saturated rings. The van der Waals surface area contributed by atoms with E-state index in [0.717, 1.165) is 0 Å². The van der Waals surface area contributed by atoms with Gasteiger partial charge in [0.2, 0.25) is 0 Å². The molecule has 0 atom stereocenters. The Morgan fingerprint density at radius 2 is 1.32 bits per heavy atom. The van der Waals surface area contributed by atoms with Crippen LogP contribution in [0.15, 0.2) is 35.5 Å². The summed E-state index contributed by atoms with van der Waals surface area (Å²) in [5.41, 5.74) is 1.89. The number of allylic oxidation sites excluding steroid dienone is 1. The van der Waals surface area contributed by atoms with Crippen LogP contribution in [0.4, 0.5) is 0 Å². The molecule has 0 spiro atoms. The minimum absolute atomic E-state index is 0.288. The number of rotatable bonds is 6. The zero-order chi connectivity index (χ0) is 18.9. The van der Waals surface area contributed by atoms with Crippen molar-refractivity contribution in [3.8, 4) is 0 Å². The molecule has 1 saturated heterocycles. The minimum atomic E-state index is -1.51. The van der Waals surface area contributed by atoms with Crippen LogP contribution in [0.3, 0.4) is 0 Å². The summed E-state index contributed by atoms with van der Waals surface area (Å²) in [4.78, 5) is 0. The van der Waals surface area contributed by atoms with E-state index in [1.807, 2.05) is 0 Å². The molecule has 0 radical (unpaired) electrons. The molecule has 0 unspecified atom stereocenters. The highest BCUT2D eigenvalue weighted by atomic mass is 28.3. The van der Waals surface area contributed by atoms with Gasteiger partial charge < -0.3 is 9.31 Å². The highest BCUT2D eigenvalue weighted by Crippen LogP contribution is 2.43. The maximum absolute atomic E-state index is 6.47. The number of hydrogen-bond acceptors (Lipinski definition) is 2. The molecule has 2 rings (SSSR count). The van der Waals surface area contributed by atoms with Crippen molar-refractivity contribution in [1.29, 1.82) is 0 Å². The lowest BCUT2D eigenvalue weighted by Gasteiger charge is -2.32. The highest BCUT2D eigenvalue weighted by molar-refractivity contribution is 6.90. The summed E-state index contributed by atoms with van der Waals surface area (Å²) in [7, 11) is -1.80. The molecule has 0 aromatic heterocycles. The van der Waals surface area contributed by atoms with Crippen LogP contribution < -0.4 is 0 Å². The van der Waals surface area contributed by atoms with Gasteiger partial charge in [-0.25, -0.2) is 0 Å². The second kappa shape index (κ2) is 7.42. The van der Waals surface area contributed by atoms with Crippen molar-refractivity contribution in [3.63, 3.8) is 0 Å². The molecule has 0 bridgehead atoms. The molecule has 2 nitrogen and oxygen atoms in total. The Morgan fingerprint density at radius 1 is 0.880 bits per heavy atom. The van der Waals surface area contributed by atoms with Crippen molar-refractivity contribution < 1.29 is 9.31 Å². The Morgan fingerprint density at radius 3 is 1.72 bits per heavy atom. The molecular formula is C21H35BO2Si. The van der Waals surface area contributed by atoms with Crippen LogP contribution in [0.25, 0.3) is 5.47 Å². The molecule has 0 saturated carbocycles. The maximum atomic E-state index is 6.47. The van der Waals surface area contributed by atoms with Crippen LogP contribution >= 0.6 is 0 Å². The fourth-order valence-electron chi connectivity index (χ4n) is 3.94.